The molecule has 2 fully saturated rings. The van der Waals surface area contributed by atoms with E-state index in [4.69, 9.17) is 9.47 Å². The van der Waals surface area contributed by atoms with Crippen molar-refractivity contribution in [2.24, 2.45) is 0 Å². The molecule has 0 N–H and O–H groups in total. The van der Waals surface area contributed by atoms with Crippen molar-refractivity contribution in [3.8, 4) is 5.75 Å². The van der Waals surface area contributed by atoms with Gasteiger partial charge in [-0.05, 0) is 37.1 Å². The number of morpholine rings is 1. The molecule has 2 saturated heterocycles. The van der Waals surface area contributed by atoms with Crippen LogP contribution in [-0.2, 0) is 19.6 Å². The topological polar surface area (TPSA) is 76.2 Å². The van der Waals surface area contributed by atoms with E-state index in [0.29, 0.717) is 45.1 Å². The molecule has 2 heterocycles. The first-order valence-corrected chi connectivity index (χ1v) is 10.6. The summed E-state index contributed by atoms with van der Waals surface area (Å²) in [5.74, 6) is 0.399. The van der Waals surface area contributed by atoms with Crippen LogP contribution < -0.4 is 4.74 Å². The van der Waals surface area contributed by atoms with Gasteiger partial charge in [0.15, 0.2) is 6.61 Å². The molecule has 8 heteroatoms. The van der Waals surface area contributed by atoms with Gasteiger partial charge in [0.2, 0.25) is 10.0 Å². The summed E-state index contributed by atoms with van der Waals surface area (Å²) in [7, 11) is -3.46. The normalized spacial score (nSPS) is 19.8. The quantitative estimate of drug-likeness (QED) is 0.771. The maximum absolute atomic E-state index is 12.7. The lowest BCUT2D eigenvalue weighted by atomic mass is 10.2. The maximum Gasteiger partial charge on any atom is 0.260 e. The largest absolute Gasteiger partial charge is 0.484 e. The molecule has 1 aromatic carbocycles. The molecule has 1 amide bonds. The number of hydrogen-bond acceptors (Lipinski definition) is 5. The minimum absolute atomic E-state index is 0.0573. The Kier molecular flexibility index (Phi) is 6.50. The van der Waals surface area contributed by atoms with Crippen LogP contribution in [-0.4, -0.2) is 69.5 Å². The Hall–Kier alpha value is -1.64. The third-order valence-electron chi connectivity index (χ3n) is 4.75. The standard InChI is InChI=1S/C18H26N2O5S/c21-18(19-11-13-24-14-12-19)15-25-16-5-7-17(8-6-16)26(22,23)20-9-3-1-2-4-10-20/h5-8H,1-4,9-15H2. The molecule has 0 spiro atoms. The van der Waals surface area contributed by atoms with Gasteiger partial charge < -0.3 is 14.4 Å². The summed E-state index contributed by atoms with van der Waals surface area (Å²) >= 11 is 0. The van der Waals surface area contributed by atoms with Crippen molar-refractivity contribution in [1.82, 2.24) is 9.21 Å². The number of benzene rings is 1. The fourth-order valence-electron chi connectivity index (χ4n) is 3.19. The van der Waals surface area contributed by atoms with E-state index in [1.807, 2.05) is 0 Å². The van der Waals surface area contributed by atoms with Crippen LogP contribution in [0, 0.1) is 0 Å². The minimum Gasteiger partial charge on any atom is -0.484 e. The van der Waals surface area contributed by atoms with Crippen molar-refractivity contribution in [3.05, 3.63) is 24.3 Å². The minimum atomic E-state index is -3.46. The van der Waals surface area contributed by atoms with Crippen LogP contribution in [0.25, 0.3) is 0 Å². The summed E-state index contributed by atoms with van der Waals surface area (Å²) in [6.07, 6.45) is 3.97. The van der Waals surface area contributed by atoms with Gasteiger partial charge in [-0.3, -0.25) is 4.79 Å². The van der Waals surface area contributed by atoms with Gasteiger partial charge >= 0.3 is 0 Å². The molecule has 1 aromatic rings. The monoisotopic (exact) mass is 382 g/mol. The Morgan fingerprint density at radius 2 is 1.58 bits per heavy atom. The van der Waals surface area contributed by atoms with Crippen molar-refractivity contribution < 1.29 is 22.7 Å². The Morgan fingerprint density at radius 3 is 2.19 bits per heavy atom. The van der Waals surface area contributed by atoms with Crippen LogP contribution in [0.1, 0.15) is 25.7 Å². The Balaban J connectivity index is 1.58. The molecule has 2 aliphatic heterocycles. The van der Waals surface area contributed by atoms with E-state index in [1.54, 1.807) is 33.5 Å². The lowest BCUT2D eigenvalue weighted by Crippen LogP contribution is -2.42. The highest BCUT2D eigenvalue weighted by molar-refractivity contribution is 7.89. The van der Waals surface area contributed by atoms with Crippen molar-refractivity contribution in [2.45, 2.75) is 30.6 Å². The lowest BCUT2D eigenvalue weighted by Gasteiger charge is -2.26. The van der Waals surface area contributed by atoms with Crippen LogP contribution in [0.2, 0.25) is 0 Å². The zero-order valence-electron chi connectivity index (χ0n) is 14.9. The summed E-state index contributed by atoms with van der Waals surface area (Å²) in [5, 5.41) is 0. The van der Waals surface area contributed by atoms with Gasteiger partial charge in [0.25, 0.3) is 5.91 Å². The van der Waals surface area contributed by atoms with Gasteiger partial charge in [0, 0.05) is 26.2 Å². The molecule has 144 valence electrons. The molecule has 7 nitrogen and oxygen atoms in total. The van der Waals surface area contributed by atoms with E-state index in [1.165, 1.54) is 0 Å². The van der Waals surface area contributed by atoms with Crippen LogP contribution >= 0.6 is 0 Å². The predicted octanol–water partition coefficient (Wildman–Crippen LogP) is 1.49. The van der Waals surface area contributed by atoms with E-state index in [-0.39, 0.29) is 17.4 Å². The summed E-state index contributed by atoms with van der Waals surface area (Å²) in [6.45, 7) is 3.36. The Morgan fingerprint density at radius 1 is 0.962 bits per heavy atom. The van der Waals surface area contributed by atoms with E-state index >= 15 is 0 Å². The third-order valence-corrected chi connectivity index (χ3v) is 6.67. The number of nitrogens with zero attached hydrogens (tertiary/aromatic N) is 2. The molecular weight excluding hydrogens is 356 g/mol. The molecule has 3 rings (SSSR count). The number of hydrogen-bond donors (Lipinski definition) is 0. The zero-order valence-corrected chi connectivity index (χ0v) is 15.7. The first-order valence-electron chi connectivity index (χ1n) is 9.16. The summed E-state index contributed by atoms with van der Waals surface area (Å²) in [6, 6.07) is 6.32. The van der Waals surface area contributed by atoms with Crippen molar-refractivity contribution in [2.75, 3.05) is 46.0 Å². The Bertz CT molecular complexity index is 691. The van der Waals surface area contributed by atoms with Crippen molar-refractivity contribution in [1.29, 1.82) is 0 Å². The van der Waals surface area contributed by atoms with Crippen molar-refractivity contribution in [3.63, 3.8) is 0 Å². The summed E-state index contributed by atoms with van der Waals surface area (Å²) in [5.41, 5.74) is 0. The molecule has 0 saturated carbocycles. The van der Waals surface area contributed by atoms with Crippen LogP contribution in [0.15, 0.2) is 29.2 Å². The SMILES string of the molecule is O=C(COc1ccc(S(=O)(=O)N2CCCCCC2)cc1)N1CCOCC1. The Labute approximate surface area is 154 Å². The fourth-order valence-corrected chi connectivity index (χ4v) is 4.71. The molecule has 0 unspecified atom stereocenters. The molecule has 0 atom stereocenters. The van der Waals surface area contributed by atoms with Gasteiger partial charge in [-0.1, -0.05) is 12.8 Å². The number of amides is 1. The summed E-state index contributed by atoms with van der Waals surface area (Å²) < 4.78 is 37.8. The fraction of sp³-hybridized carbons (Fsp3) is 0.611. The zero-order chi connectivity index (χ0) is 18.4. The van der Waals surface area contributed by atoms with E-state index < -0.39 is 10.0 Å². The number of carbonyl (C=O) groups is 1. The second kappa shape index (κ2) is 8.83. The highest BCUT2D eigenvalue weighted by Crippen LogP contribution is 2.22. The van der Waals surface area contributed by atoms with Gasteiger partial charge in [0.1, 0.15) is 5.75 Å². The van der Waals surface area contributed by atoms with Gasteiger partial charge in [-0.2, -0.15) is 4.31 Å². The highest BCUT2D eigenvalue weighted by atomic mass is 32.2. The van der Waals surface area contributed by atoms with E-state index in [0.717, 1.165) is 25.7 Å². The molecule has 0 radical (unpaired) electrons. The van der Waals surface area contributed by atoms with E-state index in [9.17, 15) is 13.2 Å². The molecule has 2 aliphatic rings. The highest BCUT2D eigenvalue weighted by Gasteiger charge is 2.25. The number of rotatable bonds is 5. The average molecular weight is 382 g/mol. The van der Waals surface area contributed by atoms with Crippen LogP contribution in [0.4, 0.5) is 0 Å². The van der Waals surface area contributed by atoms with Gasteiger partial charge in [-0.25, -0.2) is 8.42 Å². The maximum atomic E-state index is 12.7. The smallest absolute Gasteiger partial charge is 0.260 e. The molecule has 26 heavy (non-hydrogen) atoms. The lowest BCUT2D eigenvalue weighted by molar-refractivity contribution is -0.137. The second-order valence-electron chi connectivity index (χ2n) is 6.57. The molecule has 0 bridgehead atoms. The first kappa shape index (κ1) is 19.1. The van der Waals surface area contributed by atoms with Crippen molar-refractivity contribution >= 4 is 15.9 Å². The van der Waals surface area contributed by atoms with E-state index in [2.05, 4.69) is 0 Å². The molecule has 0 aromatic heterocycles. The average Bonchev–Trinajstić information content (AvgIpc) is 2.97. The second-order valence-corrected chi connectivity index (χ2v) is 8.51. The number of carbonyl (C=O) groups excluding carboxylic acids is 1. The predicted molar refractivity (Wildman–Crippen MR) is 96.6 cm³/mol. The van der Waals surface area contributed by atoms with Crippen LogP contribution in [0.3, 0.4) is 0 Å². The first-order chi connectivity index (χ1) is 12.6. The molecular formula is C18H26N2O5S. The van der Waals surface area contributed by atoms with Gasteiger partial charge in [0.05, 0.1) is 18.1 Å². The number of ether oxygens (including phenoxy) is 2. The number of sulfonamides is 1. The summed E-state index contributed by atoms with van der Waals surface area (Å²) in [4.78, 5) is 14.1. The third kappa shape index (κ3) is 4.75. The van der Waals surface area contributed by atoms with Gasteiger partial charge in [-0.15, -0.1) is 0 Å². The van der Waals surface area contributed by atoms with Crippen LogP contribution in [0.5, 0.6) is 5.75 Å². The molecule has 0 aliphatic carbocycles.